The summed E-state index contributed by atoms with van der Waals surface area (Å²) in [6, 6.07) is 3.08. The van der Waals surface area contributed by atoms with Crippen molar-refractivity contribution in [2.24, 2.45) is 5.92 Å². The lowest BCUT2D eigenvalue weighted by Crippen LogP contribution is -2.40. The molecule has 2 atom stereocenters. The predicted octanol–water partition coefficient (Wildman–Crippen LogP) is 3.36. The standard InChI is InChI=1S/C16H28N2O/c1-12(2)18-9-6-5-7-14(11-17-4)15(18)16-13(3)8-10-19-16/h8,10,12,14-15,17H,5-7,9,11H2,1-4H3. The summed E-state index contributed by atoms with van der Waals surface area (Å²) in [7, 11) is 2.05. The molecule has 2 heterocycles. The molecule has 1 fully saturated rings. The van der Waals surface area contributed by atoms with Gasteiger partial charge in [0, 0.05) is 6.04 Å². The van der Waals surface area contributed by atoms with Crippen LogP contribution in [0.3, 0.4) is 0 Å². The molecule has 2 rings (SSSR count). The van der Waals surface area contributed by atoms with Gasteiger partial charge in [-0.2, -0.15) is 0 Å². The van der Waals surface area contributed by atoms with Crippen LogP contribution in [0.1, 0.15) is 50.5 Å². The van der Waals surface area contributed by atoms with Crippen molar-refractivity contribution in [2.75, 3.05) is 20.1 Å². The molecule has 0 saturated carbocycles. The normalized spacial score (nSPS) is 25.7. The molecule has 108 valence electrons. The zero-order valence-electron chi connectivity index (χ0n) is 12.8. The van der Waals surface area contributed by atoms with Crippen LogP contribution in [0.25, 0.3) is 0 Å². The molecule has 1 aliphatic heterocycles. The molecular formula is C16H28N2O. The number of likely N-dealkylation sites (tertiary alicyclic amines) is 1. The molecule has 1 aromatic heterocycles. The van der Waals surface area contributed by atoms with Gasteiger partial charge in [0.2, 0.25) is 0 Å². The molecule has 3 heteroatoms. The monoisotopic (exact) mass is 264 g/mol. The average Bonchev–Trinajstić information content (AvgIpc) is 2.67. The molecule has 0 amide bonds. The van der Waals surface area contributed by atoms with Gasteiger partial charge in [0.05, 0.1) is 12.3 Å². The summed E-state index contributed by atoms with van der Waals surface area (Å²) >= 11 is 0. The second-order valence-electron chi connectivity index (χ2n) is 6.06. The fraction of sp³-hybridized carbons (Fsp3) is 0.750. The Kier molecular flexibility index (Phi) is 5.06. The second-order valence-corrected chi connectivity index (χ2v) is 6.06. The lowest BCUT2D eigenvalue weighted by Gasteiger charge is -2.37. The van der Waals surface area contributed by atoms with Crippen LogP contribution in [0.4, 0.5) is 0 Å². The van der Waals surface area contributed by atoms with Gasteiger partial charge in [-0.15, -0.1) is 0 Å². The summed E-state index contributed by atoms with van der Waals surface area (Å²) in [5.41, 5.74) is 1.29. The predicted molar refractivity (Wildman–Crippen MR) is 79.3 cm³/mol. The molecule has 0 aromatic carbocycles. The van der Waals surface area contributed by atoms with Crippen molar-refractivity contribution in [1.29, 1.82) is 0 Å². The van der Waals surface area contributed by atoms with Crippen molar-refractivity contribution in [2.45, 2.75) is 52.1 Å². The topological polar surface area (TPSA) is 28.4 Å². The van der Waals surface area contributed by atoms with E-state index in [4.69, 9.17) is 4.42 Å². The van der Waals surface area contributed by atoms with E-state index in [1.54, 1.807) is 0 Å². The lowest BCUT2D eigenvalue weighted by molar-refractivity contribution is 0.100. The maximum Gasteiger partial charge on any atom is 0.124 e. The van der Waals surface area contributed by atoms with Gasteiger partial charge in [-0.25, -0.2) is 0 Å². The van der Waals surface area contributed by atoms with Gasteiger partial charge in [-0.3, -0.25) is 4.90 Å². The van der Waals surface area contributed by atoms with Crippen molar-refractivity contribution in [1.82, 2.24) is 10.2 Å². The molecule has 0 spiro atoms. The van der Waals surface area contributed by atoms with Crippen molar-refractivity contribution in [3.05, 3.63) is 23.7 Å². The number of furan rings is 1. The molecule has 3 nitrogen and oxygen atoms in total. The average molecular weight is 264 g/mol. The highest BCUT2D eigenvalue weighted by molar-refractivity contribution is 5.20. The summed E-state index contributed by atoms with van der Waals surface area (Å²) in [5.74, 6) is 1.82. The Morgan fingerprint density at radius 2 is 2.21 bits per heavy atom. The fourth-order valence-corrected chi connectivity index (χ4v) is 3.38. The molecular weight excluding hydrogens is 236 g/mol. The maximum atomic E-state index is 5.85. The van der Waals surface area contributed by atoms with E-state index in [0.717, 1.165) is 6.54 Å². The third-order valence-electron chi connectivity index (χ3n) is 4.34. The zero-order chi connectivity index (χ0) is 13.8. The van der Waals surface area contributed by atoms with Gasteiger partial charge in [-0.1, -0.05) is 6.42 Å². The van der Waals surface area contributed by atoms with Crippen LogP contribution in [0.5, 0.6) is 0 Å². The van der Waals surface area contributed by atoms with E-state index >= 15 is 0 Å². The van der Waals surface area contributed by atoms with Crippen LogP contribution in [-0.2, 0) is 0 Å². The third kappa shape index (κ3) is 3.21. The van der Waals surface area contributed by atoms with Crippen LogP contribution >= 0.6 is 0 Å². The highest BCUT2D eigenvalue weighted by Gasteiger charge is 2.34. The van der Waals surface area contributed by atoms with Gasteiger partial charge < -0.3 is 9.73 Å². The van der Waals surface area contributed by atoms with Crippen LogP contribution in [-0.4, -0.2) is 31.1 Å². The minimum atomic E-state index is 0.421. The van der Waals surface area contributed by atoms with Crippen LogP contribution in [0.2, 0.25) is 0 Å². The first kappa shape index (κ1) is 14.6. The van der Waals surface area contributed by atoms with E-state index in [1.165, 1.54) is 37.1 Å². The van der Waals surface area contributed by atoms with E-state index in [-0.39, 0.29) is 0 Å². The van der Waals surface area contributed by atoms with Crippen molar-refractivity contribution < 1.29 is 4.42 Å². The number of hydrogen-bond donors (Lipinski definition) is 1. The Morgan fingerprint density at radius 3 is 2.79 bits per heavy atom. The van der Waals surface area contributed by atoms with Crippen LogP contribution in [0.15, 0.2) is 16.7 Å². The van der Waals surface area contributed by atoms with Gasteiger partial charge in [0.1, 0.15) is 5.76 Å². The molecule has 2 unspecified atom stereocenters. The molecule has 1 saturated heterocycles. The minimum absolute atomic E-state index is 0.421. The highest BCUT2D eigenvalue weighted by Crippen LogP contribution is 2.37. The van der Waals surface area contributed by atoms with Gasteiger partial charge in [0.15, 0.2) is 0 Å². The van der Waals surface area contributed by atoms with Crippen molar-refractivity contribution in [3.8, 4) is 0 Å². The lowest BCUT2D eigenvalue weighted by atomic mass is 9.90. The SMILES string of the molecule is CNCC1CCCCN(C(C)C)C1c1occc1C. The Balaban J connectivity index is 2.34. The molecule has 1 N–H and O–H groups in total. The van der Waals surface area contributed by atoms with E-state index in [9.17, 15) is 0 Å². The number of rotatable bonds is 4. The molecule has 0 bridgehead atoms. The number of aryl methyl sites for hydroxylation is 1. The van der Waals surface area contributed by atoms with E-state index in [2.05, 4.69) is 44.1 Å². The second kappa shape index (κ2) is 6.58. The summed E-state index contributed by atoms with van der Waals surface area (Å²) < 4.78 is 5.85. The molecule has 1 aromatic rings. The quantitative estimate of drug-likeness (QED) is 0.904. The first-order valence-electron chi connectivity index (χ1n) is 7.59. The van der Waals surface area contributed by atoms with E-state index in [0.29, 0.717) is 18.0 Å². The number of nitrogens with one attached hydrogen (secondary N) is 1. The van der Waals surface area contributed by atoms with E-state index in [1.807, 2.05) is 6.26 Å². The largest absolute Gasteiger partial charge is 0.467 e. The third-order valence-corrected chi connectivity index (χ3v) is 4.34. The summed E-state index contributed by atoms with van der Waals surface area (Å²) in [5, 5.41) is 3.37. The maximum absolute atomic E-state index is 5.85. The Morgan fingerprint density at radius 1 is 1.42 bits per heavy atom. The minimum Gasteiger partial charge on any atom is -0.467 e. The van der Waals surface area contributed by atoms with Crippen molar-refractivity contribution >= 4 is 0 Å². The van der Waals surface area contributed by atoms with Gasteiger partial charge in [-0.05, 0) is 71.3 Å². The van der Waals surface area contributed by atoms with Gasteiger partial charge >= 0.3 is 0 Å². The highest BCUT2D eigenvalue weighted by atomic mass is 16.3. The van der Waals surface area contributed by atoms with Crippen LogP contribution in [0, 0.1) is 12.8 Å². The summed E-state index contributed by atoms with van der Waals surface area (Å²) in [6.45, 7) is 9.01. The first-order valence-corrected chi connectivity index (χ1v) is 7.59. The summed E-state index contributed by atoms with van der Waals surface area (Å²) in [6.07, 6.45) is 5.75. The molecule has 0 radical (unpaired) electrons. The van der Waals surface area contributed by atoms with E-state index < -0.39 is 0 Å². The fourth-order valence-electron chi connectivity index (χ4n) is 3.38. The van der Waals surface area contributed by atoms with Crippen molar-refractivity contribution in [3.63, 3.8) is 0 Å². The number of hydrogen-bond acceptors (Lipinski definition) is 3. The first-order chi connectivity index (χ1) is 9.15. The smallest absolute Gasteiger partial charge is 0.124 e. The Labute approximate surface area is 117 Å². The molecule has 19 heavy (non-hydrogen) atoms. The van der Waals surface area contributed by atoms with Crippen LogP contribution < -0.4 is 5.32 Å². The Hall–Kier alpha value is -0.800. The molecule has 1 aliphatic rings. The number of nitrogens with zero attached hydrogens (tertiary/aromatic N) is 1. The zero-order valence-corrected chi connectivity index (χ0v) is 12.8. The van der Waals surface area contributed by atoms with Gasteiger partial charge in [0.25, 0.3) is 0 Å². The summed E-state index contributed by atoms with van der Waals surface area (Å²) in [4.78, 5) is 2.63. The Bertz CT molecular complexity index is 386. The molecule has 0 aliphatic carbocycles.